The highest BCUT2D eigenvalue weighted by Gasteiger charge is 2.41. The average molecular weight is 557 g/mol. The molecule has 2 atom stereocenters. The van der Waals surface area contributed by atoms with E-state index in [1.807, 2.05) is 13.8 Å². The molecule has 3 aliphatic heterocycles. The maximum Gasteiger partial charge on any atom is 0.416 e. The fourth-order valence-electron chi connectivity index (χ4n) is 5.12. The monoisotopic (exact) mass is 556 g/mol. The second-order valence-electron chi connectivity index (χ2n) is 10.3. The Labute approximate surface area is 228 Å². The lowest BCUT2D eigenvalue weighted by Gasteiger charge is -2.35. The fourth-order valence-corrected chi connectivity index (χ4v) is 5.12. The number of halogens is 3. The van der Waals surface area contributed by atoms with Gasteiger partial charge in [-0.05, 0) is 38.5 Å². The second-order valence-corrected chi connectivity index (χ2v) is 10.3. The molecule has 40 heavy (non-hydrogen) atoms. The van der Waals surface area contributed by atoms with E-state index in [1.165, 1.54) is 18.3 Å². The molecule has 0 saturated carbocycles. The molecule has 3 aromatic rings. The minimum atomic E-state index is -4.50. The zero-order valence-corrected chi connectivity index (χ0v) is 21.8. The molecule has 2 bridgehead atoms. The van der Waals surface area contributed by atoms with E-state index in [9.17, 15) is 18.0 Å². The Hall–Kier alpha value is -3.97. The van der Waals surface area contributed by atoms with E-state index in [4.69, 9.17) is 14.2 Å². The summed E-state index contributed by atoms with van der Waals surface area (Å²) in [5.74, 6) is 0.553. The largest absolute Gasteiger partial charge is 0.491 e. The van der Waals surface area contributed by atoms with Crippen LogP contribution in [0.5, 0.6) is 5.75 Å². The molecule has 1 aromatic carbocycles. The number of aromatic nitrogens is 3. The molecule has 0 spiro atoms. The first kappa shape index (κ1) is 26.3. The van der Waals surface area contributed by atoms with Crippen molar-refractivity contribution < 1.29 is 32.2 Å². The predicted octanol–water partition coefficient (Wildman–Crippen LogP) is 4.72. The van der Waals surface area contributed by atoms with Crippen LogP contribution in [-0.4, -0.2) is 65.2 Å². The van der Waals surface area contributed by atoms with Crippen LogP contribution < -0.4 is 19.9 Å². The lowest BCUT2D eigenvalue weighted by Crippen LogP contribution is -2.48. The molecule has 2 fully saturated rings. The average Bonchev–Trinajstić information content (AvgIpc) is 3.50. The van der Waals surface area contributed by atoms with Gasteiger partial charge >= 0.3 is 12.2 Å². The molecule has 3 aliphatic rings. The maximum absolute atomic E-state index is 13.6. The number of hydrogen-bond donors (Lipinski definition) is 1. The number of nitrogens with zero attached hydrogens (tertiary/aromatic N) is 5. The van der Waals surface area contributed by atoms with Crippen LogP contribution in [0.25, 0.3) is 11.4 Å². The van der Waals surface area contributed by atoms with Gasteiger partial charge in [-0.1, -0.05) is 12.1 Å². The third kappa shape index (κ3) is 5.26. The molecule has 10 nitrogen and oxygen atoms in total. The summed E-state index contributed by atoms with van der Waals surface area (Å²) in [5.41, 5.74) is 0.0532. The molecule has 0 aliphatic carbocycles. The summed E-state index contributed by atoms with van der Waals surface area (Å²) in [6.45, 7) is 5.67. The van der Waals surface area contributed by atoms with Crippen LogP contribution in [0.15, 0.2) is 48.8 Å². The maximum atomic E-state index is 13.6. The third-order valence-electron chi connectivity index (χ3n) is 6.98. The van der Waals surface area contributed by atoms with Crippen molar-refractivity contribution in [3.05, 3.63) is 54.4 Å². The number of carbonyl (C=O) groups excluding carboxylic acids is 1. The molecule has 2 saturated heterocycles. The summed E-state index contributed by atoms with van der Waals surface area (Å²) in [6, 6.07) is 7.48. The van der Waals surface area contributed by atoms with E-state index in [0.29, 0.717) is 43.4 Å². The summed E-state index contributed by atoms with van der Waals surface area (Å²) in [7, 11) is 0. The summed E-state index contributed by atoms with van der Waals surface area (Å²) < 4.78 is 57.0. The number of ether oxygens (including phenoxy) is 3. The summed E-state index contributed by atoms with van der Waals surface area (Å²) in [5, 5.41) is 2.82. The smallest absolute Gasteiger partial charge is 0.416 e. The van der Waals surface area contributed by atoms with Gasteiger partial charge in [0.1, 0.15) is 24.3 Å². The van der Waals surface area contributed by atoms with Gasteiger partial charge in [-0.25, -0.2) is 19.7 Å². The number of amides is 2. The summed E-state index contributed by atoms with van der Waals surface area (Å²) in [4.78, 5) is 30.3. The Bertz CT molecular complexity index is 1440. The molecule has 5 heterocycles. The quantitative estimate of drug-likeness (QED) is 0.482. The highest BCUT2D eigenvalue weighted by molar-refractivity contribution is 6.04. The number of carbonyl (C=O) groups is 1. The van der Waals surface area contributed by atoms with Gasteiger partial charge in [-0.15, -0.1) is 0 Å². The Morgan fingerprint density at radius 2 is 2.08 bits per heavy atom. The predicted molar refractivity (Wildman–Crippen MR) is 139 cm³/mol. The first-order valence-corrected chi connectivity index (χ1v) is 12.9. The van der Waals surface area contributed by atoms with Crippen LogP contribution >= 0.6 is 0 Å². The minimum Gasteiger partial charge on any atom is -0.491 e. The SMILES string of the molecule is CC1(C)OCC(COc2ccnc(NC(=O)N3c4nc(-c5cccc(C(F)(F)F)c5)ncc4N4CC[C@H]3C4)c2)O1. The van der Waals surface area contributed by atoms with E-state index in [0.717, 1.165) is 12.1 Å². The number of rotatable bonds is 5. The number of benzene rings is 1. The first-order valence-electron chi connectivity index (χ1n) is 12.9. The molecule has 1 unspecified atom stereocenters. The number of anilines is 3. The summed E-state index contributed by atoms with van der Waals surface area (Å²) in [6.07, 6.45) is -0.930. The van der Waals surface area contributed by atoms with Gasteiger partial charge in [0, 0.05) is 30.9 Å². The molecule has 13 heteroatoms. The lowest BCUT2D eigenvalue weighted by atomic mass is 10.1. The molecule has 2 amide bonds. The molecule has 1 N–H and O–H groups in total. The van der Waals surface area contributed by atoms with Gasteiger partial charge in [0.25, 0.3) is 0 Å². The van der Waals surface area contributed by atoms with E-state index < -0.39 is 23.6 Å². The van der Waals surface area contributed by atoms with Crippen molar-refractivity contribution in [2.75, 3.05) is 41.4 Å². The second kappa shape index (κ2) is 9.89. The van der Waals surface area contributed by atoms with Crippen molar-refractivity contribution >= 4 is 23.4 Å². The Morgan fingerprint density at radius 3 is 2.85 bits per heavy atom. The molecule has 210 valence electrons. The van der Waals surface area contributed by atoms with Crippen LogP contribution in [-0.2, 0) is 15.7 Å². The fraction of sp³-hybridized carbons (Fsp3) is 0.407. The normalized spacial score (nSPS) is 21.3. The zero-order chi connectivity index (χ0) is 28.1. The number of hydrogen-bond acceptors (Lipinski definition) is 8. The molecule has 2 aromatic heterocycles. The Morgan fingerprint density at radius 1 is 1.23 bits per heavy atom. The zero-order valence-electron chi connectivity index (χ0n) is 21.8. The number of nitrogens with one attached hydrogen (secondary N) is 1. The molecular weight excluding hydrogens is 529 g/mol. The first-order chi connectivity index (χ1) is 19.1. The van der Waals surface area contributed by atoms with Crippen molar-refractivity contribution in [1.29, 1.82) is 0 Å². The van der Waals surface area contributed by atoms with E-state index >= 15 is 0 Å². The topological polar surface area (TPSA) is 102 Å². The lowest BCUT2D eigenvalue weighted by molar-refractivity contribution is -0.141. The van der Waals surface area contributed by atoms with Crippen LogP contribution in [0, 0.1) is 0 Å². The van der Waals surface area contributed by atoms with Gasteiger partial charge in [-0.2, -0.15) is 13.2 Å². The molecular formula is C27H27F3N6O4. The van der Waals surface area contributed by atoms with Crippen LogP contribution in [0.4, 0.5) is 35.3 Å². The van der Waals surface area contributed by atoms with Crippen LogP contribution in [0.1, 0.15) is 25.8 Å². The van der Waals surface area contributed by atoms with Crippen LogP contribution in [0.2, 0.25) is 0 Å². The van der Waals surface area contributed by atoms with E-state index in [-0.39, 0.29) is 36.0 Å². The van der Waals surface area contributed by atoms with Crippen molar-refractivity contribution in [3.63, 3.8) is 0 Å². The molecule has 6 rings (SSSR count). The number of pyridine rings is 1. The molecule has 0 radical (unpaired) electrons. The highest BCUT2D eigenvalue weighted by Crippen LogP contribution is 2.40. The van der Waals surface area contributed by atoms with Gasteiger partial charge < -0.3 is 19.1 Å². The number of fused-ring (bicyclic) bond motifs is 4. The standard InChI is InChI=1S/C27H27F3N6O4/c1-26(2)39-15-20(40-26)14-38-19-6-8-31-22(11-19)33-25(37)36-18-7-9-35(13-18)21-12-32-23(34-24(21)36)16-4-3-5-17(10-16)27(28,29)30/h3-6,8,10-12,18,20H,7,9,13-15H2,1-2H3,(H,31,33,37)/t18-,20?/m0/s1. The number of urea groups is 1. The Balaban J connectivity index is 1.22. The van der Waals surface area contributed by atoms with E-state index in [2.05, 4.69) is 25.2 Å². The van der Waals surface area contributed by atoms with Gasteiger partial charge in [0.05, 0.1) is 30.1 Å². The van der Waals surface area contributed by atoms with Gasteiger partial charge in [0.2, 0.25) is 0 Å². The van der Waals surface area contributed by atoms with Crippen molar-refractivity contribution in [1.82, 2.24) is 15.0 Å². The summed E-state index contributed by atoms with van der Waals surface area (Å²) >= 11 is 0. The highest BCUT2D eigenvalue weighted by atomic mass is 19.4. The van der Waals surface area contributed by atoms with E-state index in [1.54, 1.807) is 23.2 Å². The van der Waals surface area contributed by atoms with Crippen molar-refractivity contribution in [2.24, 2.45) is 0 Å². The van der Waals surface area contributed by atoms with Crippen molar-refractivity contribution in [3.8, 4) is 17.1 Å². The Kier molecular flexibility index (Phi) is 6.50. The third-order valence-corrected chi connectivity index (χ3v) is 6.98. The van der Waals surface area contributed by atoms with Gasteiger partial charge in [-0.3, -0.25) is 10.2 Å². The number of alkyl halides is 3. The minimum absolute atomic E-state index is 0.0972. The van der Waals surface area contributed by atoms with Crippen LogP contribution in [0.3, 0.4) is 0 Å². The van der Waals surface area contributed by atoms with Crippen molar-refractivity contribution in [2.45, 2.75) is 44.4 Å². The van der Waals surface area contributed by atoms with Gasteiger partial charge in [0.15, 0.2) is 17.4 Å².